The smallest absolute Gasteiger partial charge is 0.383 e. The van der Waals surface area contributed by atoms with Gasteiger partial charge in [-0.3, -0.25) is 14.4 Å². The summed E-state index contributed by atoms with van der Waals surface area (Å²) in [6.45, 7) is 15.8. The third-order valence-electron chi connectivity index (χ3n) is 20.5. The molecule has 11 aromatic rings. The van der Waals surface area contributed by atoms with Crippen LogP contribution in [0.4, 0.5) is 8.78 Å². The number of aryl methyl sites for hydroxylation is 5. The average Bonchev–Trinajstić information content (AvgIpc) is 0.746. The zero-order valence-electron chi connectivity index (χ0n) is 69.1. The van der Waals surface area contributed by atoms with E-state index in [4.69, 9.17) is 73.1 Å². The molecule has 0 aliphatic carbocycles. The Morgan fingerprint density at radius 3 is 1.10 bits per heavy atom. The van der Waals surface area contributed by atoms with Gasteiger partial charge < -0.3 is 48.1 Å². The highest BCUT2D eigenvalue weighted by molar-refractivity contribution is 6.99. The van der Waals surface area contributed by atoms with E-state index in [0.717, 1.165) is 80.3 Å². The minimum Gasteiger partial charge on any atom is -0.486 e. The average molecular weight is 1700 g/mol. The van der Waals surface area contributed by atoms with Crippen LogP contribution in [0.1, 0.15) is 130 Å². The van der Waals surface area contributed by atoms with E-state index in [0.29, 0.717) is 35.4 Å². The third kappa shape index (κ3) is 29.6. The minimum atomic E-state index is -3.91. The molecule has 0 bridgehead atoms. The van der Waals surface area contributed by atoms with Gasteiger partial charge in [0.25, 0.3) is 14.1 Å². The number of halogens is 5. The molecule has 15 nitrogen and oxygen atoms in total. The molecule has 11 rings (SSSR count). The third-order valence-corrected chi connectivity index (χ3v) is 26.2. The Labute approximate surface area is 719 Å². The molecule has 120 heavy (non-hydrogen) atoms. The van der Waals surface area contributed by atoms with Crippen molar-refractivity contribution in [3.05, 3.63) is 350 Å². The van der Waals surface area contributed by atoms with Gasteiger partial charge >= 0.3 is 17.3 Å². The van der Waals surface area contributed by atoms with Crippen molar-refractivity contribution in [3.8, 4) is 28.7 Å². The van der Waals surface area contributed by atoms with E-state index in [-0.39, 0.29) is 59.4 Å². The molecule has 2 N–H and O–H groups in total. The van der Waals surface area contributed by atoms with E-state index in [2.05, 4.69) is 180 Å². The SMILES string of the molecule is CC(C)(C)[Si](OCCCc1ccc(OCC(=O)C(F)(F)Cl)cc1)(c1ccccc1)c1ccccc1.Cc1ccc(C(CN(C)CCCc2ccc(OC(C)C(=O)COc3ccc(C(=O)O)cc3)cc2)c2ccc(Cl)cc2)cc1.Cc1ccc(C(CN(C)CCCc2ccc(OCC(=O)COc3ccc(C(=O)O)cc3)cc2)c2ccc(Cl)cc2)cc1. The number of alkyl halides is 3. The molecule has 0 aliphatic rings. The summed E-state index contributed by atoms with van der Waals surface area (Å²) in [4.78, 5) is 62.5. The maximum absolute atomic E-state index is 12.8. The lowest BCUT2D eigenvalue weighted by atomic mass is 9.90. The van der Waals surface area contributed by atoms with E-state index in [9.17, 15) is 32.8 Å². The van der Waals surface area contributed by atoms with Crippen molar-refractivity contribution in [2.75, 3.05) is 73.3 Å². The molecule has 0 heterocycles. The fraction of sp³-hybridized carbons (Fsp3) is 0.283. The molecule has 0 saturated heterocycles. The molecular formula is C99H105Cl3F2N2O13Si. The number of nitrogens with zero attached hydrogens (tertiary/aromatic N) is 2. The highest BCUT2D eigenvalue weighted by Gasteiger charge is 2.50. The van der Waals surface area contributed by atoms with Gasteiger partial charge in [0, 0.05) is 41.6 Å². The first kappa shape index (κ1) is 93.1. The van der Waals surface area contributed by atoms with Gasteiger partial charge in [0.2, 0.25) is 11.6 Å². The van der Waals surface area contributed by atoms with E-state index >= 15 is 0 Å². The van der Waals surface area contributed by atoms with Gasteiger partial charge in [-0.1, -0.05) is 225 Å². The first-order valence-corrected chi connectivity index (χ1v) is 43.0. The first-order chi connectivity index (χ1) is 57.5. The first-order valence-electron chi connectivity index (χ1n) is 40.0. The van der Waals surface area contributed by atoms with Crippen LogP contribution in [-0.4, -0.2) is 142 Å². The molecule has 0 amide bonds. The Bertz CT molecular complexity index is 4860. The summed E-state index contributed by atoms with van der Waals surface area (Å²) in [5.41, 5.74) is 11.4. The summed E-state index contributed by atoms with van der Waals surface area (Å²) in [6.07, 6.45) is 4.83. The lowest BCUT2D eigenvalue weighted by molar-refractivity contribution is -0.135. The Morgan fingerprint density at radius 1 is 0.425 bits per heavy atom. The molecule has 11 aromatic carbocycles. The number of hydrogen-bond donors (Lipinski definition) is 2. The Morgan fingerprint density at radius 2 is 0.750 bits per heavy atom. The zero-order chi connectivity index (χ0) is 86.2. The van der Waals surface area contributed by atoms with Crippen LogP contribution in [0, 0.1) is 13.8 Å². The van der Waals surface area contributed by atoms with Gasteiger partial charge in [-0.15, -0.1) is 0 Å². The van der Waals surface area contributed by atoms with Crippen molar-refractivity contribution in [1.82, 2.24) is 9.80 Å². The number of carbonyl (C=O) groups is 5. The molecule has 21 heteroatoms. The maximum atomic E-state index is 12.8. The number of carboxylic acids is 2. The summed E-state index contributed by atoms with van der Waals surface area (Å²) >= 11 is 17.0. The van der Waals surface area contributed by atoms with Crippen LogP contribution in [0.25, 0.3) is 0 Å². The van der Waals surface area contributed by atoms with Crippen molar-refractivity contribution in [1.29, 1.82) is 0 Å². The lowest BCUT2D eigenvalue weighted by Gasteiger charge is -2.43. The summed E-state index contributed by atoms with van der Waals surface area (Å²) < 4.78 is 59.9. The Balaban J connectivity index is 0.000000206. The molecule has 3 unspecified atom stereocenters. The predicted octanol–water partition coefficient (Wildman–Crippen LogP) is 20.5. The molecule has 628 valence electrons. The number of carboxylic acid groups (broad SMARTS) is 2. The van der Waals surface area contributed by atoms with Crippen LogP contribution in [0.2, 0.25) is 15.1 Å². The molecule has 0 spiro atoms. The largest absolute Gasteiger partial charge is 0.486 e. The Kier molecular flexibility index (Phi) is 35.8. The lowest BCUT2D eigenvalue weighted by Crippen LogP contribution is -2.66. The molecule has 0 radical (unpaired) electrons. The van der Waals surface area contributed by atoms with E-state index in [1.165, 1.54) is 103 Å². The number of carbonyl (C=O) groups excluding carboxylic acids is 3. The highest BCUT2D eigenvalue weighted by Crippen LogP contribution is 2.38. The standard InChI is InChI=1S/C36H38ClNO5.C35H36ClNO5.C28H31ClF2O3Si/c1-25-6-10-28(11-7-25)34(29-12-16-31(37)17-13-29)23-38(3)22-4-5-27-8-18-33(19-9-27)43-26(2)35(39)24-42-32-20-14-30(15-21-32)36(40)41;1-25-5-9-27(10-6-25)34(28-11-15-30(36)16-12-28)22-37(2)21-3-4-26-7-17-32(18-8-26)41-23-31(38)24-42-33-19-13-29(14-20-33)35(39)40;1-27(2,3)35(24-12-6-4-7-13-24,25-14-8-5-9-15-25)34-20-10-11-22-16-18-23(19-17-22)33-21-26(32)28(29,30)31/h6-21,26,34H,4-5,22-24H2,1-3H3,(H,40,41);5-20,34H,3-4,21-24H2,1-2H3,(H,39,40);4-9,12-19H,10-11,20-21H2,1-3H3. The van der Waals surface area contributed by atoms with Crippen LogP contribution < -0.4 is 34.1 Å². The fourth-order valence-electron chi connectivity index (χ4n) is 13.7. The number of rotatable bonds is 41. The zero-order valence-corrected chi connectivity index (χ0v) is 72.3. The maximum Gasteiger partial charge on any atom is 0.383 e. The van der Waals surface area contributed by atoms with Crippen molar-refractivity contribution in [2.45, 2.75) is 108 Å². The summed E-state index contributed by atoms with van der Waals surface area (Å²) in [6, 6.07) is 89.5. The van der Waals surface area contributed by atoms with Crippen LogP contribution in [0.15, 0.2) is 279 Å². The molecular weight excluding hydrogens is 1600 g/mol. The quantitative estimate of drug-likeness (QED) is 0.0209. The van der Waals surface area contributed by atoms with Crippen LogP contribution in [-0.2, 0) is 38.1 Å². The number of ketones is 3. The van der Waals surface area contributed by atoms with Crippen molar-refractivity contribution in [2.24, 2.45) is 0 Å². The molecule has 0 fully saturated rings. The van der Waals surface area contributed by atoms with Gasteiger partial charge in [-0.25, -0.2) is 9.59 Å². The number of ether oxygens (including phenoxy) is 5. The summed E-state index contributed by atoms with van der Waals surface area (Å²) in [5.74, 6) is -0.964. The van der Waals surface area contributed by atoms with Crippen LogP contribution >= 0.6 is 34.8 Å². The van der Waals surface area contributed by atoms with E-state index in [1.807, 2.05) is 97.1 Å². The molecule has 3 atom stereocenters. The molecule has 0 aliphatic heterocycles. The second kappa shape index (κ2) is 46.1. The van der Waals surface area contributed by atoms with Gasteiger partial charge in [-0.05, 0) is 262 Å². The number of hydrogen-bond acceptors (Lipinski definition) is 13. The van der Waals surface area contributed by atoms with Crippen LogP contribution in [0.5, 0.6) is 28.7 Å². The summed E-state index contributed by atoms with van der Waals surface area (Å²) in [5, 5.41) is 17.9. The second-order valence-electron chi connectivity index (χ2n) is 30.8. The number of aromatic carboxylic acids is 2. The van der Waals surface area contributed by atoms with Crippen molar-refractivity contribution in [3.63, 3.8) is 0 Å². The highest BCUT2D eigenvalue weighted by atomic mass is 35.5. The van der Waals surface area contributed by atoms with Gasteiger partial charge in [0.05, 0.1) is 11.1 Å². The molecule has 0 aromatic heterocycles. The van der Waals surface area contributed by atoms with Gasteiger partial charge in [-0.2, -0.15) is 8.78 Å². The van der Waals surface area contributed by atoms with Gasteiger partial charge in [0.1, 0.15) is 42.0 Å². The van der Waals surface area contributed by atoms with Crippen molar-refractivity contribution >= 4 is 82.8 Å². The number of Topliss-reactive ketones (excluding diaryl/α,β-unsaturated/α-hetero) is 3. The monoisotopic (exact) mass is 1700 g/mol. The van der Waals surface area contributed by atoms with Crippen molar-refractivity contribution < 1.29 is 71.1 Å². The normalized spacial score (nSPS) is 12.2. The fourth-order valence-corrected chi connectivity index (χ4v) is 18.7. The second-order valence-corrected chi connectivity index (χ2v) is 36.5. The van der Waals surface area contributed by atoms with E-state index < -0.39 is 44.1 Å². The predicted molar refractivity (Wildman–Crippen MR) is 476 cm³/mol. The van der Waals surface area contributed by atoms with E-state index in [1.54, 1.807) is 19.1 Å². The number of benzene rings is 11. The van der Waals surface area contributed by atoms with Crippen LogP contribution in [0.3, 0.4) is 0 Å². The molecule has 0 saturated carbocycles. The summed E-state index contributed by atoms with van der Waals surface area (Å²) in [7, 11) is 1.78. The Hall–Kier alpha value is -10.8. The number of likely N-dealkylation sites (N-methyl/N-ethyl adjacent to an activating group) is 2. The topological polar surface area (TPSA) is 188 Å². The minimum absolute atomic E-state index is 0.0774. The van der Waals surface area contributed by atoms with Gasteiger partial charge in [0.15, 0.2) is 19.3 Å².